The number of benzene rings is 2. The molecule has 0 aliphatic carbocycles. The quantitative estimate of drug-likeness (QED) is 0.785. The Bertz CT molecular complexity index is 882. The predicted octanol–water partition coefficient (Wildman–Crippen LogP) is 3.35. The van der Waals surface area contributed by atoms with E-state index in [0.717, 1.165) is 5.56 Å². The summed E-state index contributed by atoms with van der Waals surface area (Å²) >= 11 is 0. The smallest absolute Gasteiger partial charge is 0.351 e. The molecule has 0 N–H and O–H groups in total. The highest BCUT2D eigenvalue weighted by molar-refractivity contribution is 6.03. The first-order valence-electron chi connectivity index (χ1n) is 8.19. The molecule has 2 aromatic carbocycles. The Morgan fingerprint density at radius 3 is 2.92 bits per heavy atom. The van der Waals surface area contributed by atoms with Crippen molar-refractivity contribution in [2.24, 2.45) is 5.16 Å². The van der Waals surface area contributed by atoms with Crippen LogP contribution >= 0.6 is 0 Å². The minimum atomic E-state index is -0.843. The fourth-order valence-corrected chi connectivity index (χ4v) is 2.83. The molecule has 2 aliphatic rings. The van der Waals surface area contributed by atoms with Crippen molar-refractivity contribution >= 4 is 11.7 Å². The number of carbonyl (C=O) groups excluding carboxylic acids is 1. The first-order chi connectivity index (χ1) is 12.6. The van der Waals surface area contributed by atoms with Gasteiger partial charge in [0.15, 0.2) is 11.5 Å². The van der Waals surface area contributed by atoms with Gasteiger partial charge in [-0.05, 0) is 36.8 Å². The van der Waals surface area contributed by atoms with Crippen molar-refractivity contribution in [1.82, 2.24) is 0 Å². The summed E-state index contributed by atoms with van der Waals surface area (Å²) in [5, 5.41) is 3.89. The highest BCUT2D eigenvalue weighted by atomic mass is 19.1. The van der Waals surface area contributed by atoms with Gasteiger partial charge in [0.05, 0.1) is 5.71 Å². The van der Waals surface area contributed by atoms with E-state index in [-0.39, 0.29) is 19.0 Å². The molecule has 0 amide bonds. The van der Waals surface area contributed by atoms with Crippen LogP contribution in [0, 0.1) is 5.82 Å². The molecule has 0 bridgehead atoms. The maximum absolute atomic E-state index is 13.3. The molecule has 0 fully saturated rings. The number of oxime groups is 1. The molecule has 4 rings (SSSR count). The number of halogens is 1. The van der Waals surface area contributed by atoms with Crippen LogP contribution in [0.5, 0.6) is 11.5 Å². The highest BCUT2D eigenvalue weighted by Gasteiger charge is 2.32. The van der Waals surface area contributed by atoms with Crippen molar-refractivity contribution in [1.29, 1.82) is 0 Å². The normalized spacial score (nSPS) is 18.8. The van der Waals surface area contributed by atoms with Gasteiger partial charge in [-0.1, -0.05) is 23.4 Å². The summed E-state index contributed by atoms with van der Waals surface area (Å²) in [6.45, 7) is 1.95. The lowest BCUT2D eigenvalue weighted by Crippen LogP contribution is -2.24. The van der Waals surface area contributed by atoms with Gasteiger partial charge in [0.2, 0.25) is 12.9 Å². The molecular formula is C19H16FNO5. The summed E-state index contributed by atoms with van der Waals surface area (Å²) in [4.78, 5) is 17.5. The average Bonchev–Trinajstić information content (AvgIpc) is 3.30. The lowest BCUT2D eigenvalue weighted by Gasteiger charge is -2.16. The molecule has 2 aliphatic heterocycles. The molecule has 0 radical (unpaired) electrons. The van der Waals surface area contributed by atoms with Crippen LogP contribution in [0.15, 0.2) is 47.6 Å². The Morgan fingerprint density at radius 1 is 1.23 bits per heavy atom. The Morgan fingerprint density at radius 2 is 2.08 bits per heavy atom. The van der Waals surface area contributed by atoms with Crippen molar-refractivity contribution in [2.75, 3.05) is 6.79 Å². The summed E-state index contributed by atoms with van der Waals surface area (Å²) in [6, 6.07) is 11.4. The molecule has 7 heteroatoms. The van der Waals surface area contributed by atoms with E-state index < -0.39 is 18.2 Å². The summed E-state index contributed by atoms with van der Waals surface area (Å²) in [7, 11) is 0. The van der Waals surface area contributed by atoms with E-state index in [4.69, 9.17) is 19.0 Å². The molecule has 6 nitrogen and oxygen atoms in total. The summed E-state index contributed by atoms with van der Waals surface area (Å²) in [5.74, 6) is 0.400. The van der Waals surface area contributed by atoms with E-state index in [1.807, 2.05) is 6.07 Å². The molecule has 2 heterocycles. The van der Waals surface area contributed by atoms with Gasteiger partial charge in [-0.3, -0.25) is 0 Å². The molecule has 0 spiro atoms. The van der Waals surface area contributed by atoms with Crippen LogP contribution in [-0.4, -0.2) is 24.6 Å². The largest absolute Gasteiger partial charge is 0.455 e. The fraction of sp³-hybridized carbons (Fsp3) is 0.263. The minimum Gasteiger partial charge on any atom is -0.455 e. The minimum absolute atomic E-state index is 0.184. The molecule has 0 unspecified atom stereocenters. The van der Waals surface area contributed by atoms with E-state index in [1.165, 1.54) is 12.1 Å². The van der Waals surface area contributed by atoms with E-state index in [1.54, 1.807) is 31.2 Å². The molecule has 0 aromatic heterocycles. The second-order valence-corrected chi connectivity index (χ2v) is 6.04. The van der Waals surface area contributed by atoms with Crippen LogP contribution in [0.4, 0.5) is 4.39 Å². The molecule has 0 saturated carbocycles. The maximum atomic E-state index is 13.3. The zero-order valence-corrected chi connectivity index (χ0v) is 14.0. The fourth-order valence-electron chi connectivity index (χ4n) is 2.83. The van der Waals surface area contributed by atoms with Gasteiger partial charge in [0, 0.05) is 12.0 Å². The van der Waals surface area contributed by atoms with Crippen LogP contribution in [0.25, 0.3) is 0 Å². The second-order valence-electron chi connectivity index (χ2n) is 6.04. The number of nitrogens with zero attached hydrogens (tertiary/aromatic N) is 1. The van der Waals surface area contributed by atoms with Crippen molar-refractivity contribution < 1.29 is 28.2 Å². The van der Waals surface area contributed by atoms with Crippen molar-refractivity contribution in [3.63, 3.8) is 0 Å². The van der Waals surface area contributed by atoms with E-state index in [9.17, 15) is 9.18 Å². The number of hydrogen-bond acceptors (Lipinski definition) is 6. The number of rotatable bonds is 4. The van der Waals surface area contributed by atoms with Crippen molar-refractivity contribution in [3.8, 4) is 11.5 Å². The first-order valence-corrected chi connectivity index (χ1v) is 8.19. The van der Waals surface area contributed by atoms with Gasteiger partial charge in [-0.15, -0.1) is 0 Å². The third kappa shape index (κ3) is 3.20. The topological polar surface area (TPSA) is 66.4 Å². The SMILES string of the molecule is C[C@@H](OC(=O)[C@@H]1CC(c2cccc(F)c2)=NO1)c1ccc2c(c1)OCO2. The number of fused-ring (bicyclic) bond motifs is 1. The van der Waals surface area contributed by atoms with Gasteiger partial charge < -0.3 is 19.0 Å². The summed E-state index contributed by atoms with van der Waals surface area (Å²) in [6.07, 6.45) is -1.10. The van der Waals surface area contributed by atoms with E-state index in [2.05, 4.69) is 5.16 Å². The Hall–Kier alpha value is -3.09. The van der Waals surface area contributed by atoms with Crippen LogP contribution < -0.4 is 9.47 Å². The van der Waals surface area contributed by atoms with Crippen LogP contribution in [0.3, 0.4) is 0 Å². The zero-order chi connectivity index (χ0) is 18.1. The number of esters is 1. The van der Waals surface area contributed by atoms with Gasteiger partial charge in [0.25, 0.3) is 0 Å². The van der Waals surface area contributed by atoms with Gasteiger partial charge in [-0.25, -0.2) is 9.18 Å². The van der Waals surface area contributed by atoms with Gasteiger partial charge in [-0.2, -0.15) is 0 Å². The highest BCUT2D eigenvalue weighted by Crippen LogP contribution is 2.35. The Balaban J connectivity index is 1.38. The Labute approximate surface area is 149 Å². The predicted molar refractivity (Wildman–Crippen MR) is 89.5 cm³/mol. The van der Waals surface area contributed by atoms with E-state index in [0.29, 0.717) is 22.8 Å². The van der Waals surface area contributed by atoms with Gasteiger partial charge in [0.1, 0.15) is 11.9 Å². The lowest BCUT2D eigenvalue weighted by molar-refractivity contribution is -0.160. The summed E-state index contributed by atoms with van der Waals surface area (Å²) in [5.41, 5.74) is 1.89. The number of ether oxygens (including phenoxy) is 3. The van der Waals surface area contributed by atoms with Crippen LogP contribution in [0.1, 0.15) is 30.6 Å². The number of hydrogen-bond donors (Lipinski definition) is 0. The third-order valence-electron chi connectivity index (χ3n) is 4.25. The molecule has 2 aromatic rings. The molecule has 0 saturated heterocycles. The number of carbonyl (C=O) groups is 1. The summed E-state index contributed by atoms with van der Waals surface area (Å²) < 4.78 is 29.4. The Kier molecular flexibility index (Phi) is 4.20. The van der Waals surface area contributed by atoms with Gasteiger partial charge >= 0.3 is 5.97 Å². The zero-order valence-electron chi connectivity index (χ0n) is 14.0. The maximum Gasteiger partial charge on any atom is 0.351 e. The average molecular weight is 357 g/mol. The van der Waals surface area contributed by atoms with E-state index >= 15 is 0 Å². The lowest BCUT2D eigenvalue weighted by atomic mass is 10.0. The van der Waals surface area contributed by atoms with Crippen molar-refractivity contribution in [3.05, 3.63) is 59.4 Å². The molecule has 2 atom stereocenters. The van der Waals surface area contributed by atoms with Crippen LogP contribution in [0.2, 0.25) is 0 Å². The first kappa shape index (κ1) is 16.4. The monoisotopic (exact) mass is 357 g/mol. The molecule has 26 heavy (non-hydrogen) atoms. The van der Waals surface area contributed by atoms with Crippen LogP contribution in [-0.2, 0) is 14.4 Å². The molecule has 134 valence electrons. The second kappa shape index (κ2) is 6.67. The third-order valence-corrected chi connectivity index (χ3v) is 4.25. The van der Waals surface area contributed by atoms with Crippen molar-refractivity contribution in [2.45, 2.75) is 25.6 Å². The molecular weight excluding hydrogens is 341 g/mol. The standard InChI is InChI=1S/C19H16FNO5/c1-11(12-5-6-16-17(8-12)24-10-23-16)25-19(22)18-9-15(21-26-18)13-3-2-4-14(20)7-13/h2-8,11,18H,9-10H2,1H3/t11-,18+/m1/s1.